The predicted octanol–water partition coefficient (Wildman–Crippen LogP) is 2.90. The van der Waals surface area contributed by atoms with Crippen molar-refractivity contribution < 1.29 is 4.74 Å². The fourth-order valence-electron chi connectivity index (χ4n) is 1.83. The van der Waals surface area contributed by atoms with Crippen LogP contribution in [-0.2, 0) is 12.8 Å². The van der Waals surface area contributed by atoms with Crippen LogP contribution in [0.2, 0.25) is 0 Å². The van der Waals surface area contributed by atoms with Gasteiger partial charge in [-0.2, -0.15) is 10.4 Å². The summed E-state index contributed by atoms with van der Waals surface area (Å²) in [5, 5.41) is 14.4. The van der Waals surface area contributed by atoms with Crippen molar-refractivity contribution >= 4 is 11.8 Å². The molecule has 2 rings (SSSR count). The summed E-state index contributed by atoms with van der Waals surface area (Å²) < 4.78 is 7.19. The van der Waals surface area contributed by atoms with Crippen LogP contribution in [0.25, 0.3) is 0 Å². The van der Waals surface area contributed by atoms with E-state index in [9.17, 15) is 0 Å². The van der Waals surface area contributed by atoms with Crippen molar-refractivity contribution in [3.05, 3.63) is 41.1 Å². The van der Waals surface area contributed by atoms with Crippen LogP contribution < -0.4 is 4.74 Å². The summed E-state index contributed by atoms with van der Waals surface area (Å²) in [5.74, 6) is 1.56. The summed E-state index contributed by atoms with van der Waals surface area (Å²) in [5.41, 5.74) is 2.67. The van der Waals surface area contributed by atoms with Gasteiger partial charge in [0.1, 0.15) is 5.75 Å². The van der Waals surface area contributed by atoms with Crippen LogP contribution in [-0.4, -0.2) is 16.9 Å². The third-order valence-electron chi connectivity index (χ3n) is 2.74. The number of aryl methyl sites for hydroxylation is 2. The first-order chi connectivity index (χ1) is 9.13. The Morgan fingerprint density at radius 2 is 2.21 bits per heavy atom. The highest BCUT2D eigenvalue weighted by molar-refractivity contribution is 7.98. The largest absolute Gasteiger partial charge is 0.496 e. The first kappa shape index (κ1) is 13.5. The number of nitriles is 1. The van der Waals surface area contributed by atoms with Crippen molar-refractivity contribution in [3.8, 4) is 11.8 Å². The molecule has 0 aliphatic rings. The van der Waals surface area contributed by atoms with E-state index in [4.69, 9.17) is 10.00 Å². The zero-order chi connectivity index (χ0) is 13.8. The third kappa shape index (κ3) is 3.09. The summed E-state index contributed by atoms with van der Waals surface area (Å²) in [6.45, 7) is 1.97. The molecule has 0 saturated heterocycles. The molecular formula is C14H15N3OS. The van der Waals surface area contributed by atoms with Crippen LogP contribution in [0.15, 0.2) is 29.3 Å². The van der Waals surface area contributed by atoms with Gasteiger partial charge in [0.05, 0.1) is 29.5 Å². The molecule has 1 aromatic heterocycles. The molecule has 4 nitrogen and oxygen atoms in total. The average Bonchev–Trinajstić information content (AvgIpc) is 2.74. The summed E-state index contributed by atoms with van der Waals surface area (Å²) in [6.07, 6.45) is 0. The van der Waals surface area contributed by atoms with Crippen molar-refractivity contribution in [2.75, 3.05) is 7.11 Å². The van der Waals surface area contributed by atoms with Crippen LogP contribution in [0.1, 0.15) is 16.8 Å². The van der Waals surface area contributed by atoms with Gasteiger partial charge >= 0.3 is 0 Å². The highest BCUT2D eigenvalue weighted by Gasteiger charge is 2.08. The van der Waals surface area contributed by atoms with Gasteiger partial charge in [-0.1, -0.05) is 0 Å². The van der Waals surface area contributed by atoms with E-state index in [0.717, 1.165) is 27.8 Å². The lowest BCUT2D eigenvalue weighted by molar-refractivity contribution is 0.411. The van der Waals surface area contributed by atoms with E-state index in [2.05, 4.69) is 11.2 Å². The second-order valence-electron chi connectivity index (χ2n) is 4.17. The standard InChI is InChI=1S/C14H15N3OS/c1-10-6-14(17(2)16-10)19-9-12-7-11(8-15)4-5-13(12)18-3/h4-7H,9H2,1-3H3. The molecule has 0 saturated carbocycles. The lowest BCUT2D eigenvalue weighted by Crippen LogP contribution is -1.95. The number of hydrogen-bond acceptors (Lipinski definition) is 4. The van der Waals surface area contributed by atoms with E-state index in [-0.39, 0.29) is 0 Å². The quantitative estimate of drug-likeness (QED) is 0.804. The summed E-state index contributed by atoms with van der Waals surface area (Å²) in [4.78, 5) is 0. The van der Waals surface area contributed by atoms with Crippen LogP contribution in [0, 0.1) is 18.3 Å². The number of hydrogen-bond donors (Lipinski definition) is 0. The van der Waals surface area contributed by atoms with Gasteiger partial charge < -0.3 is 4.74 Å². The van der Waals surface area contributed by atoms with Gasteiger partial charge in [-0.25, -0.2) is 0 Å². The van der Waals surface area contributed by atoms with Crippen molar-refractivity contribution in [1.82, 2.24) is 9.78 Å². The molecule has 0 N–H and O–H groups in total. The van der Waals surface area contributed by atoms with Crippen molar-refractivity contribution in [3.63, 3.8) is 0 Å². The number of aromatic nitrogens is 2. The zero-order valence-electron chi connectivity index (χ0n) is 11.2. The Morgan fingerprint density at radius 1 is 1.42 bits per heavy atom. The van der Waals surface area contributed by atoms with Crippen LogP contribution >= 0.6 is 11.8 Å². The van der Waals surface area contributed by atoms with Crippen molar-refractivity contribution in [2.45, 2.75) is 17.7 Å². The average molecular weight is 273 g/mol. The smallest absolute Gasteiger partial charge is 0.122 e. The van der Waals surface area contributed by atoms with Gasteiger partial charge in [-0.3, -0.25) is 4.68 Å². The molecule has 0 aliphatic carbocycles. The molecule has 0 amide bonds. The minimum Gasteiger partial charge on any atom is -0.496 e. The molecule has 0 radical (unpaired) electrons. The van der Waals surface area contributed by atoms with E-state index in [0.29, 0.717) is 5.56 Å². The van der Waals surface area contributed by atoms with Crippen molar-refractivity contribution in [2.24, 2.45) is 7.05 Å². The van der Waals surface area contributed by atoms with Gasteiger partial charge in [0.2, 0.25) is 0 Å². The van der Waals surface area contributed by atoms with Crippen molar-refractivity contribution in [1.29, 1.82) is 5.26 Å². The lowest BCUT2D eigenvalue weighted by Gasteiger charge is -2.08. The summed E-state index contributed by atoms with van der Waals surface area (Å²) >= 11 is 1.68. The first-order valence-corrected chi connectivity index (χ1v) is 6.83. The molecule has 0 fully saturated rings. The molecule has 0 aliphatic heterocycles. The maximum atomic E-state index is 8.95. The summed E-state index contributed by atoms with van der Waals surface area (Å²) in [6, 6.07) is 9.67. The van der Waals surface area contributed by atoms with E-state index in [1.165, 1.54) is 0 Å². The molecular weight excluding hydrogens is 258 g/mol. The van der Waals surface area contributed by atoms with E-state index in [1.807, 2.05) is 36.9 Å². The van der Waals surface area contributed by atoms with E-state index < -0.39 is 0 Å². The fourth-order valence-corrected chi connectivity index (χ4v) is 2.85. The molecule has 0 atom stereocenters. The van der Waals surface area contributed by atoms with Gasteiger partial charge in [0, 0.05) is 18.4 Å². The van der Waals surface area contributed by atoms with Crippen LogP contribution in [0.3, 0.4) is 0 Å². The number of methoxy groups -OCH3 is 1. The molecule has 0 unspecified atom stereocenters. The molecule has 5 heteroatoms. The third-order valence-corrected chi connectivity index (χ3v) is 3.88. The maximum absolute atomic E-state index is 8.95. The molecule has 0 spiro atoms. The number of nitrogens with zero attached hydrogens (tertiary/aromatic N) is 3. The Kier molecular flexibility index (Phi) is 4.13. The lowest BCUT2D eigenvalue weighted by atomic mass is 10.1. The Hall–Kier alpha value is -1.93. The molecule has 2 aromatic rings. The fraction of sp³-hybridized carbons (Fsp3) is 0.286. The Morgan fingerprint density at radius 3 is 2.79 bits per heavy atom. The van der Waals surface area contributed by atoms with Gasteiger partial charge in [-0.15, -0.1) is 11.8 Å². The van der Waals surface area contributed by atoms with Gasteiger partial charge in [0.15, 0.2) is 0 Å². The maximum Gasteiger partial charge on any atom is 0.122 e. The predicted molar refractivity (Wildman–Crippen MR) is 75.2 cm³/mol. The Balaban J connectivity index is 2.19. The highest BCUT2D eigenvalue weighted by Crippen LogP contribution is 2.28. The Labute approximate surface area is 117 Å². The van der Waals surface area contributed by atoms with E-state index >= 15 is 0 Å². The SMILES string of the molecule is COc1ccc(C#N)cc1CSc1cc(C)nn1C. The first-order valence-electron chi connectivity index (χ1n) is 5.84. The van der Waals surface area contributed by atoms with Gasteiger partial charge in [0.25, 0.3) is 0 Å². The second kappa shape index (κ2) is 5.81. The Bertz CT molecular complexity index is 628. The second-order valence-corrected chi connectivity index (χ2v) is 5.17. The van der Waals surface area contributed by atoms with E-state index in [1.54, 1.807) is 24.9 Å². The molecule has 98 valence electrons. The van der Waals surface area contributed by atoms with Crippen LogP contribution in [0.4, 0.5) is 0 Å². The minimum absolute atomic E-state index is 0.651. The minimum atomic E-state index is 0.651. The number of ether oxygens (including phenoxy) is 1. The van der Waals surface area contributed by atoms with Crippen LogP contribution in [0.5, 0.6) is 5.75 Å². The number of thioether (sulfide) groups is 1. The van der Waals surface area contributed by atoms with Gasteiger partial charge in [-0.05, 0) is 31.2 Å². The molecule has 1 heterocycles. The highest BCUT2D eigenvalue weighted by atomic mass is 32.2. The molecule has 1 aromatic carbocycles. The molecule has 19 heavy (non-hydrogen) atoms. The zero-order valence-corrected chi connectivity index (χ0v) is 12.0. The monoisotopic (exact) mass is 273 g/mol. The summed E-state index contributed by atoms with van der Waals surface area (Å²) in [7, 11) is 3.57. The number of benzene rings is 1. The number of rotatable bonds is 4. The molecule has 0 bridgehead atoms. The normalized spacial score (nSPS) is 10.2. The topological polar surface area (TPSA) is 50.8 Å².